The summed E-state index contributed by atoms with van der Waals surface area (Å²) in [7, 11) is -4.69. The van der Waals surface area contributed by atoms with Gasteiger partial charge in [-0.1, -0.05) is 0 Å². The third kappa shape index (κ3) is 550. The molecule has 0 unspecified atom stereocenters. The van der Waals surface area contributed by atoms with Crippen LogP contribution < -0.4 is 107 Å². The van der Waals surface area contributed by atoms with Gasteiger partial charge in [0.1, 0.15) is 0 Å². The first kappa shape index (κ1) is 82.8. The van der Waals surface area contributed by atoms with Gasteiger partial charge in [-0.3, -0.25) is 0 Å². The van der Waals surface area contributed by atoms with E-state index in [4.69, 9.17) is 18.6 Å². The van der Waals surface area contributed by atoms with Gasteiger partial charge in [-0.05, 0) is 0 Å². The van der Waals surface area contributed by atoms with Crippen LogP contribution in [0.4, 0.5) is 0 Å². The quantitative estimate of drug-likeness (QED) is 0.221. The maximum Gasteiger partial charge on any atom is 0.0777 e. The van der Waals surface area contributed by atoms with E-state index in [9.17, 15) is 0 Å². The Morgan fingerprint density at radius 1 is 0.615 bits per heavy atom. The van der Waals surface area contributed by atoms with Crippen molar-refractivity contribution in [2.24, 2.45) is 0 Å². The van der Waals surface area contributed by atoms with Crippen LogP contribution >= 0.6 is 0 Å². The lowest BCUT2D eigenvalue weighted by molar-refractivity contribution is -1.92. The minimum Gasteiger partial charge on any atom is -1.00 e. The Labute approximate surface area is 121 Å². The van der Waals surface area contributed by atoms with E-state index in [2.05, 4.69) is 0 Å². The average molecular weight is 492 g/mol. The minimum atomic E-state index is -4.69. The largest absolute Gasteiger partial charge is 1.00 e. The van der Waals surface area contributed by atoms with Gasteiger partial charge in [-0.15, -0.1) is 0 Å². The molecular formula is H17Br4ClN4O4. The summed E-state index contributed by atoms with van der Waals surface area (Å²) in [6, 6.07) is 0. The van der Waals surface area contributed by atoms with Crippen molar-refractivity contribution in [3.63, 3.8) is 0 Å². The molecular weight excluding hydrogens is 475 g/mol. The first-order chi connectivity index (χ1) is 2.00. The topological polar surface area (TPSA) is 235 Å². The minimum absolute atomic E-state index is 0. The lowest BCUT2D eigenvalue weighted by atomic mass is 14.0. The first-order valence-corrected chi connectivity index (χ1v) is 1.90. The van der Waals surface area contributed by atoms with Crippen LogP contribution in [0.5, 0.6) is 0 Å². The normalized spacial score (nSPS) is 4.62. The van der Waals surface area contributed by atoms with Crippen molar-refractivity contribution in [2.45, 2.75) is 0 Å². The summed E-state index contributed by atoms with van der Waals surface area (Å²) in [4.78, 5) is 0. The van der Waals surface area contributed by atoms with Crippen molar-refractivity contribution in [3.8, 4) is 0 Å². The van der Waals surface area contributed by atoms with Gasteiger partial charge in [0.25, 0.3) is 0 Å². The van der Waals surface area contributed by atoms with E-state index in [1.165, 1.54) is 0 Å². The highest BCUT2D eigenvalue weighted by Gasteiger charge is 1.98. The molecule has 0 heterocycles. The molecule has 0 aromatic heterocycles. The van der Waals surface area contributed by atoms with Crippen molar-refractivity contribution in [2.75, 3.05) is 0 Å². The van der Waals surface area contributed by atoms with Crippen LogP contribution in [0.1, 0.15) is 0 Å². The van der Waals surface area contributed by atoms with E-state index >= 15 is 0 Å². The Kier molecular flexibility index (Phi) is 236. The summed E-state index contributed by atoms with van der Waals surface area (Å²) in [5.41, 5.74) is 0. The van der Waals surface area contributed by atoms with Gasteiger partial charge in [0.2, 0.25) is 0 Å². The summed E-state index contributed by atoms with van der Waals surface area (Å²) in [5, 5.41) is 0. The fraction of sp³-hybridized carbons (Fsp3) is 0. The third-order valence-electron chi connectivity index (χ3n) is 0. The van der Waals surface area contributed by atoms with Crippen molar-refractivity contribution < 1.29 is 96.8 Å². The fourth-order valence-electron chi connectivity index (χ4n) is 0. The molecule has 13 heavy (non-hydrogen) atoms. The molecule has 0 aliphatic heterocycles. The molecule has 0 saturated heterocycles. The van der Waals surface area contributed by atoms with Gasteiger partial charge >= 0.3 is 0 Å². The molecule has 0 aliphatic carbocycles. The lowest BCUT2D eigenvalue weighted by Gasteiger charge is -2.03. The zero-order valence-electron chi connectivity index (χ0n) is 7.56. The van der Waals surface area contributed by atoms with Gasteiger partial charge in [-0.25, -0.2) is 0 Å². The summed E-state index contributed by atoms with van der Waals surface area (Å²) in [5.74, 6) is 0. The molecule has 0 saturated carbocycles. The molecule has 0 rings (SSSR count). The van der Waals surface area contributed by atoms with Crippen molar-refractivity contribution in [1.82, 2.24) is 24.6 Å². The molecule has 17 N–H and O–H groups in total. The number of rotatable bonds is 0. The SMILES string of the molecule is [Br-].[Br-].[Br-].[Br-].[NH4+].[NH4+].[NH4+].[NH4+].[O-][Cl+3]([O-])([O-])O. The third-order valence-corrected chi connectivity index (χ3v) is 0. The lowest BCUT2D eigenvalue weighted by Crippen LogP contribution is -3.00. The van der Waals surface area contributed by atoms with Gasteiger partial charge in [0.15, 0.2) is 0 Å². The average Bonchev–Trinajstić information content (AvgIpc) is 0.722. The second kappa shape index (κ2) is 37.1. The molecule has 0 bridgehead atoms. The second-order valence-electron chi connectivity index (χ2n) is 0.396. The number of quaternary nitrogens is 4. The molecule has 0 amide bonds. The number of hydrogen-bond donors (Lipinski definition) is 5. The van der Waals surface area contributed by atoms with E-state index in [-0.39, 0.29) is 92.5 Å². The van der Waals surface area contributed by atoms with Crippen molar-refractivity contribution >= 4 is 0 Å². The molecule has 0 fully saturated rings. The second-order valence-corrected chi connectivity index (χ2v) is 1.19. The Morgan fingerprint density at radius 2 is 0.615 bits per heavy atom. The zero-order valence-corrected chi connectivity index (χ0v) is 14.7. The molecule has 13 heteroatoms. The molecule has 0 spiro atoms. The van der Waals surface area contributed by atoms with E-state index in [0.29, 0.717) is 0 Å². The van der Waals surface area contributed by atoms with E-state index in [1.807, 2.05) is 0 Å². The smallest absolute Gasteiger partial charge is 0.0777 e. The molecule has 0 aliphatic rings. The van der Waals surface area contributed by atoms with Crippen LogP contribution in [0.3, 0.4) is 0 Å². The number of hydrogen-bond acceptors (Lipinski definition) is 4. The summed E-state index contributed by atoms with van der Waals surface area (Å²) in [6.07, 6.45) is 0. The molecule has 96 valence electrons. The zero-order chi connectivity index (χ0) is 4.50. The maximum absolute atomic E-state index is 8.60. The highest BCUT2D eigenvalue weighted by atomic mass is 79.9. The Balaban J connectivity index is -0.00000000286. The van der Waals surface area contributed by atoms with Crippen molar-refractivity contribution in [1.29, 1.82) is 0 Å². The van der Waals surface area contributed by atoms with Crippen LogP contribution in [0.15, 0.2) is 0 Å². The van der Waals surface area contributed by atoms with E-state index in [1.54, 1.807) is 0 Å². The molecule has 8 nitrogen and oxygen atoms in total. The summed E-state index contributed by atoms with van der Waals surface area (Å²) >= 11 is 0. The first-order valence-electron chi connectivity index (χ1n) is 0.632. The van der Waals surface area contributed by atoms with Gasteiger partial charge in [0.05, 0.1) is 14.9 Å². The van der Waals surface area contributed by atoms with Crippen LogP contribution in [0.2, 0.25) is 0 Å². The van der Waals surface area contributed by atoms with Gasteiger partial charge in [0, 0.05) is 0 Å². The maximum atomic E-state index is 8.60. The van der Waals surface area contributed by atoms with Gasteiger partial charge < -0.3 is 92.5 Å². The van der Waals surface area contributed by atoms with E-state index < -0.39 is 10.2 Å². The standard InChI is InChI=1S/4BrH.ClHO4.4H3N/c;;;;2-1(3,4)5;;;;/h4*1H;(H,2,3,4,5);4*1H3. The predicted octanol–water partition coefficient (Wildman–Crippen LogP) is -14.6. The Hall–Kier alpha value is 1.89. The summed E-state index contributed by atoms with van der Waals surface area (Å²) in [6.45, 7) is 0. The predicted molar refractivity (Wildman–Crippen MR) is 26.2 cm³/mol. The number of halogens is 5. The monoisotopic (exact) mass is 488 g/mol. The van der Waals surface area contributed by atoms with Crippen molar-refractivity contribution in [3.05, 3.63) is 0 Å². The van der Waals surface area contributed by atoms with Crippen LogP contribution in [-0.2, 0) is 0 Å². The summed E-state index contributed by atoms with van der Waals surface area (Å²) < 4.78 is 32.7. The Morgan fingerprint density at radius 3 is 0.615 bits per heavy atom. The fourth-order valence-corrected chi connectivity index (χ4v) is 0. The van der Waals surface area contributed by atoms with Crippen LogP contribution in [0.25, 0.3) is 0 Å². The van der Waals surface area contributed by atoms with Crippen LogP contribution in [-0.4, -0.2) is 4.66 Å². The Bertz CT molecular complexity index is 39.6. The molecule has 0 aromatic carbocycles. The molecule has 0 aromatic rings. The highest BCUT2D eigenvalue weighted by Crippen LogP contribution is 1.60. The van der Waals surface area contributed by atoms with Crippen LogP contribution in [0, 0.1) is 10.2 Å². The van der Waals surface area contributed by atoms with E-state index in [0.717, 1.165) is 0 Å². The highest BCUT2D eigenvalue weighted by molar-refractivity contribution is 2.15. The van der Waals surface area contributed by atoms with Gasteiger partial charge in [-0.2, -0.15) is 14.0 Å². The molecule has 0 radical (unpaired) electrons. The molecule has 0 atom stereocenters.